The highest BCUT2D eigenvalue weighted by atomic mass is 16.8. The van der Waals surface area contributed by atoms with Gasteiger partial charge >= 0.3 is 0 Å². The first kappa shape index (κ1) is 34.1. The molecule has 0 unspecified atom stereocenters. The molecule has 0 aliphatic carbocycles. The van der Waals surface area contributed by atoms with Crippen LogP contribution in [0.2, 0.25) is 0 Å². The Balaban J connectivity index is 1.34. The summed E-state index contributed by atoms with van der Waals surface area (Å²) in [7, 11) is 1.26. The van der Waals surface area contributed by atoms with Crippen molar-refractivity contribution in [2.45, 2.75) is 111 Å². The third-order valence-electron chi connectivity index (χ3n) is 7.68. The molecule has 19 heteroatoms. The molecular weight excluding hydrogens is 580 g/mol. The molecule has 246 valence electrons. The van der Waals surface area contributed by atoms with Crippen LogP contribution in [0.1, 0.15) is 0 Å². The maximum atomic E-state index is 10.8. The van der Waals surface area contributed by atoms with E-state index in [4.69, 9.17) is 37.9 Å². The van der Waals surface area contributed by atoms with E-state index in [1.807, 2.05) is 0 Å². The van der Waals surface area contributed by atoms with Crippen molar-refractivity contribution in [3.8, 4) is 0 Å². The molecule has 0 amide bonds. The fraction of sp³-hybridized carbons (Fsp3) is 1.00. The Morgan fingerprint density at radius 3 is 1.48 bits per heavy atom. The van der Waals surface area contributed by atoms with Gasteiger partial charge in [-0.25, -0.2) is 0 Å². The Morgan fingerprint density at radius 2 is 0.952 bits per heavy atom. The second kappa shape index (κ2) is 14.6. The number of aliphatic hydroxyl groups excluding tert-OH is 11. The number of rotatable bonds is 9. The Hall–Kier alpha value is -0.760. The van der Waals surface area contributed by atoms with Crippen LogP contribution in [-0.4, -0.2) is 200 Å². The molecule has 4 rings (SSSR count). The summed E-state index contributed by atoms with van der Waals surface area (Å²) in [5.41, 5.74) is 0. The van der Waals surface area contributed by atoms with Gasteiger partial charge in [-0.2, -0.15) is 0 Å². The van der Waals surface area contributed by atoms with Gasteiger partial charge in [0.15, 0.2) is 25.2 Å². The molecule has 0 spiro atoms. The molecule has 0 radical (unpaired) electrons. The summed E-state index contributed by atoms with van der Waals surface area (Å²) in [5.74, 6) is 0. The summed E-state index contributed by atoms with van der Waals surface area (Å²) >= 11 is 0. The quantitative estimate of drug-likeness (QED) is 0.114. The van der Waals surface area contributed by atoms with Gasteiger partial charge in [-0.3, -0.25) is 0 Å². The second-order valence-corrected chi connectivity index (χ2v) is 10.5. The average Bonchev–Trinajstić information content (AvgIpc) is 2.98. The maximum Gasteiger partial charge on any atom is 0.187 e. The topological polar surface area (TPSA) is 296 Å². The predicted octanol–water partition coefficient (Wildman–Crippen LogP) is -7.82. The maximum absolute atomic E-state index is 10.8. The molecule has 4 saturated heterocycles. The fourth-order valence-electron chi connectivity index (χ4n) is 5.11. The van der Waals surface area contributed by atoms with E-state index in [0.29, 0.717) is 0 Å². The normalized spacial score (nSPS) is 52.3. The number of aliphatic hydroxyl groups is 11. The Bertz CT molecular complexity index is 836. The van der Waals surface area contributed by atoms with Crippen molar-refractivity contribution in [3.63, 3.8) is 0 Å². The van der Waals surface area contributed by atoms with Crippen molar-refractivity contribution in [2.24, 2.45) is 0 Å². The summed E-state index contributed by atoms with van der Waals surface area (Å²) in [6.45, 7) is -2.24. The van der Waals surface area contributed by atoms with Crippen LogP contribution in [0.25, 0.3) is 0 Å². The van der Waals surface area contributed by atoms with Gasteiger partial charge in [0.2, 0.25) is 0 Å². The Kier molecular flexibility index (Phi) is 11.8. The fourth-order valence-corrected chi connectivity index (χ4v) is 5.11. The van der Waals surface area contributed by atoms with Crippen molar-refractivity contribution in [2.75, 3.05) is 33.5 Å². The highest BCUT2D eigenvalue weighted by Gasteiger charge is 2.52. The van der Waals surface area contributed by atoms with E-state index in [0.717, 1.165) is 0 Å². The van der Waals surface area contributed by atoms with Gasteiger partial charge < -0.3 is 94.1 Å². The van der Waals surface area contributed by atoms with Gasteiger partial charge in [0.05, 0.1) is 26.4 Å². The highest BCUT2D eigenvalue weighted by molar-refractivity contribution is 4.95. The SMILES string of the molecule is CO[C@@H]1OC[C@@H](O[C@H]2O[C@H](CO)[C@@H](O[C@@H]3OC[C@@H](O[C@H]4O[C@H](CO)[C@@H](O)[C@H](O)[C@@H]4O)[C@H](O)[C@H]3O)[C@H](O)[C@@H]2O)[C@H](O)[C@H]1O. The van der Waals surface area contributed by atoms with Crippen molar-refractivity contribution < 1.29 is 94.1 Å². The number of ether oxygens (including phenoxy) is 8. The van der Waals surface area contributed by atoms with E-state index in [-0.39, 0.29) is 6.61 Å². The monoisotopic (exact) mass is 620 g/mol. The Morgan fingerprint density at radius 1 is 0.500 bits per heavy atom. The van der Waals surface area contributed by atoms with Gasteiger partial charge in [0.25, 0.3) is 0 Å². The van der Waals surface area contributed by atoms with Crippen molar-refractivity contribution >= 4 is 0 Å². The molecule has 4 aliphatic rings. The molecule has 11 N–H and O–H groups in total. The van der Waals surface area contributed by atoms with Gasteiger partial charge in [-0.1, -0.05) is 0 Å². The largest absolute Gasteiger partial charge is 0.394 e. The number of hydrogen-bond donors (Lipinski definition) is 11. The number of hydrogen-bond acceptors (Lipinski definition) is 19. The lowest BCUT2D eigenvalue weighted by atomic mass is 9.97. The average molecular weight is 621 g/mol. The molecule has 0 aromatic carbocycles. The first-order valence-corrected chi connectivity index (χ1v) is 13.3. The molecular formula is C23H40O19. The lowest BCUT2D eigenvalue weighted by Gasteiger charge is -2.47. The minimum absolute atomic E-state index is 0.268. The standard InChI is InChI=1S/C23H40O19/c1-35-20-15(31)11(27)8(4-36-20)41-23-18(34)14(30)19(7(3-25)39-23)42-21-16(32)12(28)9(5-37-21)40-22-17(33)13(29)10(26)6(2-24)38-22/h6-34H,2-5H2,1H3/t6-,7-,8-,9-,10-,11+,12+,13+,14-,15-,16-,17+,18+,19-,20-,21+,22-,23-/m1/s1. The van der Waals surface area contributed by atoms with Gasteiger partial charge in [-0.15, -0.1) is 0 Å². The third kappa shape index (κ3) is 6.89. The zero-order valence-electron chi connectivity index (χ0n) is 22.4. The minimum atomic E-state index is -1.85. The molecule has 0 aromatic heterocycles. The molecule has 4 fully saturated rings. The van der Waals surface area contributed by atoms with Crippen LogP contribution in [-0.2, 0) is 37.9 Å². The summed E-state index contributed by atoms with van der Waals surface area (Å²) in [6, 6.07) is 0. The molecule has 42 heavy (non-hydrogen) atoms. The van der Waals surface area contributed by atoms with E-state index < -0.39 is 130 Å². The van der Waals surface area contributed by atoms with Crippen molar-refractivity contribution in [1.82, 2.24) is 0 Å². The van der Waals surface area contributed by atoms with Crippen LogP contribution in [0, 0.1) is 0 Å². The second-order valence-electron chi connectivity index (χ2n) is 10.5. The molecule has 0 saturated carbocycles. The van der Waals surface area contributed by atoms with Crippen molar-refractivity contribution in [3.05, 3.63) is 0 Å². The van der Waals surface area contributed by atoms with Crippen LogP contribution >= 0.6 is 0 Å². The lowest BCUT2D eigenvalue weighted by molar-refractivity contribution is -0.373. The zero-order valence-corrected chi connectivity index (χ0v) is 22.4. The Labute approximate surface area is 238 Å². The predicted molar refractivity (Wildman–Crippen MR) is 127 cm³/mol. The lowest BCUT2D eigenvalue weighted by Crippen LogP contribution is -2.65. The molecule has 18 atom stereocenters. The molecule has 0 bridgehead atoms. The minimum Gasteiger partial charge on any atom is -0.394 e. The van der Waals surface area contributed by atoms with E-state index in [1.165, 1.54) is 7.11 Å². The van der Waals surface area contributed by atoms with Gasteiger partial charge in [0, 0.05) is 7.11 Å². The van der Waals surface area contributed by atoms with E-state index >= 15 is 0 Å². The first-order chi connectivity index (χ1) is 19.9. The van der Waals surface area contributed by atoms with Crippen LogP contribution in [0.5, 0.6) is 0 Å². The van der Waals surface area contributed by atoms with E-state index in [2.05, 4.69) is 0 Å². The molecule has 19 nitrogen and oxygen atoms in total. The summed E-state index contributed by atoms with van der Waals surface area (Å²) in [6.07, 6.45) is -28.2. The van der Waals surface area contributed by atoms with Gasteiger partial charge in [0.1, 0.15) is 85.5 Å². The van der Waals surface area contributed by atoms with Crippen LogP contribution in [0.3, 0.4) is 0 Å². The van der Waals surface area contributed by atoms with Crippen LogP contribution in [0.15, 0.2) is 0 Å². The van der Waals surface area contributed by atoms with E-state index in [9.17, 15) is 56.2 Å². The molecule has 0 aromatic rings. The van der Waals surface area contributed by atoms with Crippen LogP contribution in [0.4, 0.5) is 0 Å². The zero-order chi connectivity index (χ0) is 30.9. The van der Waals surface area contributed by atoms with Gasteiger partial charge in [-0.05, 0) is 0 Å². The smallest absolute Gasteiger partial charge is 0.187 e. The van der Waals surface area contributed by atoms with E-state index in [1.54, 1.807) is 0 Å². The third-order valence-corrected chi connectivity index (χ3v) is 7.68. The number of methoxy groups -OCH3 is 1. The van der Waals surface area contributed by atoms with Crippen molar-refractivity contribution in [1.29, 1.82) is 0 Å². The van der Waals surface area contributed by atoms with Crippen LogP contribution < -0.4 is 0 Å². The molecule has 4 aliphatic heterocycles. The highest BCUT2D eigenvalue weighted by Crippen LogP contribution is 2.31. The summed E-state index contributed by atoms with van der Waals surface area (Å²) < 4.78 is 42.8. The summed E-state index contributed by atoms with van der Waals surface area (Å²) in [5, 5.41) is 112. The molecule has 4 heterocycles. The summed E-state index contributed by atoms with van der Waals surface area (Å²) in [4.78, 5) is 0. The first-order valence-electron chi connectivity index (χ1n) is 13.3.